The van der Waals surface area contributed by atoms with Crippen molar-refractivity contribution in [1.29, 1.82) is 0 Å². The Labute approximate surface area is 109 Å². The Morgan fingerprint density at radius 2 is 2.11 bits per heavy atom. The summed E-state index contributed by atoms with van der Waals surface area (Å²) in [5.41, 5.74) is 0.367. The number of thiophene rings is 1. The van der Waals surface area contributed by atoms with Crippen LogP contribution < -0.4 is 5.32 Å². The van der Waals surface area contributed by atoms with E-state index in [4.69, 9.17) is 0 Å². The van der Waals surface area contributed by atoms with Crippen molar-refractivity contribution in [3.05, 3.63) is 57.8 Å². The summed E-state index contributed by atoms with van der Waals surface area (Å²) in [5, 5.41) is 5.20. The van der Waals surface area contributed by atoms with Crippen LogP contribution in [0.15, 0.2) is 35.7 Å². The van der Waals surface area contributed by atoms with Crippen LogP contribution in [0.25, 0.3) is 0 Å². The van der Waals surface area contributed by atoms with Crippen molar-refractivity contribution in [2.75, 3.05) is 6.54 Å². The second-order valence-corrected chi connectivity index (χ2v) is 5.05. The number of nitrogens with one attached hydrogen (secondary N) is 1. The van der Waals surface area contributed by atoms with Crippen molar-refractivity contribution in [1.82, 2.24) is 5.32 Å². The van der Waals surface area contributed by atoms with Crippen molar-refractivity contribution >= 4 is 11.3 Å². The molecule has 0 aliphatic heterocycles. The maximum absolute atomic E-state index is 13.8. The Morgan fingerprint density at radius 1 is 1.28 bits per heavy atom. The third kappa shape index (κ3) is 2.94. The lowest BCUT2D eigenvalue weighted by Gasteiger charge is -2.18. The Balaban J connectivity index is 2.36. The second-order valence-electron chi connectivity index (χ2n) is 4.07. The zero-order valence-corrected chi connectivity index (χ0v) is 10.9. The highest BCUT2D eigenvalue weighted by molar-refractivity contribution is 7.10. The largest absolute Gasteiger partial charge is 0.306 e. The summed E-state index contributed by atoms with van der Waals surface area (Å²) in [6.45, 7) is 2.80. The molecule has 0 fully saturated rings. The van der Waals surface area contributed by atoms with Crippen molar-refractivity contribution in [3.8, 4) is 0 Å². The normalized spacial score (nSPS) is 12.6. The predicted octanol–water partition coefficient (Wildman–Crippen LogP) is 4.12. The fraction of sp³-hybridized carbons (Fsp3) is 0.286. The third-order valence-electron chi connectivity index (χ3n) is 2.70. The molecule has 96 valence electrons. The van der Waals surface area contributed by atoms with E-state index in [0.717, 1.165) is 23.9 Å². The standard InChI is InChI=1S/C14H15F2NS/c1-2-7-17-14(13-4-3-8-18-13)11-9-10(15)5-6-12(11)16/h3-6,8-9,14,17H,2,7H2,1H3. The fourth-order valence-electron chi connectivity index (χ4n) is 1.84. The summed E-state index contributed by atoms with van der Waals surface area (Å²) in [6.07, 6.45) is 0.943. The third-order valence-corrected chi connectivity index (χ3v) is 3.63. The predicted molar refractivity (Wildman–Crippen MR) is 70.8 cm³/mol. The van der Waals surface area contributed by atoms with Crippen molar-refractivity contribution in [2.45, 2.75) is 19.4 Å². The maximum Gasteiger partial charge on any atom is 0.128 e. The average Bonchev–Trinajstić information content (AvgIpc) is 2.88. The topological polar surface area (TPSA) is 12.0 Å². The minimum absolute atomic E-state index is 0.277. The molecule has 0 bridgehead atoms. The summed E-state index contributed by atoms with van der Waals surface area (Å²) in [6, 6.07) is 7.16. The fourth-order valence-corrected chi connectivity index (χ4v) is 2.66. The number of halogens is 2. The lowest BCUT2D eigenvalue weighted by atomic mass is 10.0. The first-order valence-electron chi connectivity index (χ1n) is 5.94. The van der Waals surface area contributed by atoms with Crippen LogP contribution in [0.3, 0.4) is 0 Å². The van der Waals surface area contributed by atoms with Gasteiger partial charge in [-0.15, -0.1) is 11.3 Å². The van der Waals surface area contributed by atoms with E-state index in [0.29, 0.717) is 5.56 Å². The molecular weight excluding hydrogens is 252 g/mol. The van der Waals surface area contributed by atoms with Gasteiger partial charge in [0.25, 0.3) is 0 Å². The van der Waals surface area contributed by atoms with E-state index in [9.17, 15) is 8.78 Å². The van der Waals surface area contributed by atoms with Gasteiger partial charge in [0.2, 0.25) is 0 Å². The number of rotatable bonds is 5. The van der Waals surface area contributed by atoms with Gasteiger partial charge in [-0.25, -0.2) is 8.78 Å². The van der Waals surface area contributed by atoms with Crippen molar-refractivity contribution < 1.29 is 8.78 Å². The van der Waals surface area contributed by atoms with Gasteiger partial charge < -0.3 is 5.32 Å². The van der Waals surface area contributed by atoms with Crippen molar-refractivity contribution in [3.63, 3.8) is 0 Å². The molecule has 4 heteroatoms. The molecule has 0 aliphatic carbocycles. The molecule has 2 aromatic rings. The Hall–Kier alpha value is -1.26. The van der Waals surface area contributed by atoms with Crippen molar-refractivity contribution in [2.24, 2.45) is 0 Å². The molecule has 0 saturated carbocycles. The molecule has 0 aliphatic rings. The number of benzene rings is 1. The quantitative estimate of drug-likeness (QED) is 0.859. The van der Waals surface area contributed by atoms with Crippen LogP contribution in [0, 0.1) is 11.6 Å². The van der Waals surface area contributed by atoms with Gasteiger partial charge in [-0.3, -0.25) is 0 Å². The van der Waals surface area contributed by atoms with Gasteiger partial charge in [0.05, 0.1) is 6.04 Å². The van der Waals surface area contributed by atoms with Crippen LogP contribution in [-0.2, 0) is 0 Å². The molecule has 0 saturated heterocycles. The smallest absolute Gasteiger partial charge is 0.128 e. The van der Waals surface area contributed by atoms with E-state index in [1.54, 1.807) is 0 Å². The molecule has 18 heavy (non-hydrogen) atoms. The monoisotopic (exact) mass is 267 g/mol. The molecule has 1 aromatic carbocycles. The maximum atomic E-state index is 13.8. The molecule has 0 amide bonds. The molecule has 2 rings (SSSR count). The summed E-state index contributed by atoms with van der Waals surface area (Å²) in [5.74, 6) is -0.787. The van der Waals surface area contributed by atoms with E-state index in [2.05, 4.69) is 5.32 Å². The van der Waals surface area contributed by atoms with Crippen LogP contribution in [-0.4, -0.2) is 6.54 Å². The molecule has 0 spiro atoms. The van der Waals surface area contributed by atoms with Crippen LogP contribution in [0.5, 0.6) is 0 Å². The molecule has 1 aromatic heterocycles. The Bertz CT molecular complexity index is 497. The SMILES string of the molecule is CCCNC(c1cccs1)c1cc(F)ccc1F. The van der Waals surface area contributed by atoms with Crippen LogP contribution in [0.2, 0.25) is 0 Å². The summed E-state index contributed by atoms with van der Waals surface area (Å²) in [4.78, 5) is 0.993. The zero-order chi connectivity index (χ0) is 13.0. The Kier molecular flexibility index (Phi) is 4.44. The summed E-state index contributed by atoms with van der Waals surface area (Å²) >= 11 is 1.54. The molecule has 1 N–H and O–H groups in total. The number of hydrogen-bond donors (Lipinski definition) is 1. The molecule has 0 radical (unpaired) electrons. The van der Waals surface area contributed by atoms with E-state index in [1.807, 2.05) is 24.4 Å². The minimum Gasteiger partial charge on any atom is -0.306 e. The first-order valence-corrected chi connectivity index (χ1v) is 6.82. The first kappa shape index (κ1) is 13.2. The lowest BCUT2D eigenvalue weighted by Crippen LogP contribution is -2.23. The molecular formula is C14H15F2NS. The van der Waals surface area contributed by atoms with E-state index < -0.39 is 5.82 Å². The molecule has 1 heterocycles. The number of hydrogen-bond acceptors (Lipinski definition) is 2. The van der Waals surface area contributed by atoms with Gasteiger partial charge in [-0.05, 0) is 42.6 Å². The highest BCUT2D eigenvalue weighted by Gasteiger charge is 2.18. The zero-order valence-electron chi connectivity index (χ0n) is 10.1. The van der Waals surface area contributed by atoms with Crippen LogP contribution >= 0.6 is 11.3 Å². The lowest BCUT2D eigenvalue weighted by molar-refractivity contribution is 0.539. The first-order chi connectivity index (χ1) is 8.72. The average molecular weight is 267 g/mol. The molecule has 1 atom stereocenters. The van der Waals surface area contributed by atoms with Crippen LogP contribution in [0.4, 0.5) is 8.78 Å². The molecule has 1 nitrogen and oxygen atoms in total. The van der Waals surface area contributed by atoms with E-state index in [-0.39, 0.29) is 11.9 Å². The van der Waals surface area contributed by atoms with Gasteiger partial charge in [0.15, 0.2) is 0 Å². The summed E-state index contributed by atoms with van der Waals surface area (Å²) in [7, 11) is 0. The highest BCUT2D eigenvalue weighted by atomic mass is 32.1. The summed E-state index contributed by atoms with van der Waals surface area (Å²) < 4.78 is 27.1. The van der Waals surface area contributed by atoms with E-state index in [1.165, 1.54) is 23.5 Å². The Morgan fingerprint density at radius 3 is 2.78 bits per heavy atom. The van der Waals surface area contributed by atoms with Gasteiger partial charge >= 0.3 is 0 Å². The molecule has 1 unspecified atom stereocenters. The van der Waals surface area contributed by atoms with Gasteiger partial charge in [-0.2, -0.15) is 0 Å². The van der Waals surface area contributed by atoms with Gasteiger partial charge in [-0.1, -0.05) is 13.0 Å². The van der Waals surface area contributed by atoms with E-state index >= 15 is 0 Å². The van der Waals surface area contributed by atoms with Gasteiger partial charge in [0.1, 0.15) is 11.6 Å². The minimum atomic E-state index is -0.411. The van der Waals surface area contributed by atoms with Gasteiger partial charge in [0, 0.05) is 10.4 Å². The van der Waals surface area contributed by atoms with Crippen LogP contribution in [0.1, 0.15) is 29.8 Å². The second kappa shape index (κ2) is 6.07. The highest BCUT2D eigenvalue weighted by Crippen LogP contribution is 2.28.